The lowest BCUT2D eigenvalue weighted by Gasteiger charge is -2.05. The second-order valence-corrected chi connectivity index (χ2v) is 6.59. The van der Waals surface area contributed by atoms with Crippen molar-refractivity contribution in [2.24, 2.45) is 7.05 Å². The molecule has 3 heterocycles. The Bertz CT molecular complexity index is 1360. The first kappa shape index (κ1) is 17.8. The van der Waals surface area contributed by atoms with E-state index >= 15 is 0 Å². The molecule has 1 aromatic carbocycles. The minimum atomic E-state index is -0.508. The standard InChI is InChI=1S/C18H19N7O3/c1-3-4-9-24-15-14(16(26)20-18(24)28)23(2)13(19-15)10-25-17(27)11-7-5-6-8-12(11)21-22-25/h5-8H,3-4,9-10H2,1-2H3,(H,20,26,28). The molecular weight excluding hydrogens is 362 g/mol. The molecular formula is C18H19N7O3. The molecule has 0 saturated heterocycles. The van der Waals surface area contributed by atoms with Crippen molar-refractivity contribution in [2.45, 2.75) is 32.9 Å². The highest BCUT2D eigenvalue weighted by Crippen LogP contribution is 2.11. The van der Waals surface area contributed by atoms with Crippen molar-refractivity contribution in [3.63, 3.8) is 0 Å². The summed E-state index contributed by atoms with van der Waals surface area (Å²) in [5.74, 6) is 0.433. The molecule has 10 nitrogen and oxygen atoms in total. The molecule has 0 aliphatic heterocycles. The van der Waals surface area contributed by atoms with Crippen LogP contribution in [0.25, 0.3) is 22.1 Å². The first-order chi connectivity index (χ1) is 13.5. The van der Waals surface area contributed by atoms with Crippen molar-refractivity contribution in [3.05, 3.63) is 61.3 Å². The number of aromatic amines is 1. The Morgan fingerprint density at radius 2 is 1.93 bits per heavy atom. The second-order valence-electron chi connectivity index (χ2n) is 6.59. The summed E-state index contributed by atoms with van der Waals surface area (Å²) in [5, 5.41) is 8.49. The van der Waals surface area contributed by atoms with Gasteiger partial charge in [0.05, 0.1) is 5.39 Å². The largest absolute Gasteiger partial charge is 0.330 e. The summed E-state index contributed by atoms with van der Waals surface area (Å²) < 4.78 is 4.24. The molecule has 0 spiro atoms. The minimum Gasteiger partial charge on any atom is -0.324 e. The summed E-state index contributed by atoms with van der Waals surface area (Å²) in [5.41, 5.74) is -0.188. The number of unbranched alkanes of at least 4 members (excludes halogenated alkanes) is 1. The van der Waals surface area contributed by atoms with Crippen LogP contribution in [0, 0.1) is 0 Å². The number of imidazole rings is 1. The van der Waals surface area contributed by atoms with Crippen molar-refractivity contribution in [1.29, 1.82) is 0 Å². The average Bonchev–Trinajstić information content (AvgIpc) is 3.00. The van der Waals surface area contributed by atoms with Crippen LogP contribution in [0.4, 0.5) is 0 Å². The molecule has 0 unspecified atom stereocenters. The molecule has 0 bridgehead atoms. The Balaban J connectivity index is 1.86. The average molecular weight is 381 g/mol. The Morgan fingerprint density at radius 3 is 2.71 bits per heavy atom. The Morgan fingerprint density at radius 1 is 1.14 bits per heavy atom. The van der Waals surface area contributed by atoms with Crippen LogP contribution in [0.15, 0.2) is 38.6 Å². The quantitative estimate of drug-likeness (QED) is 0.533. The maximum atomic E-state index is 12.7. The number of hydrogen-bond acceptors (Lipinski definition) is 6. The van der Waals surface area contributed by atoms with E-state index in [-0.39, 0.29) is 17.6 Å². The highest BCUT2D eigenvalue weighted by Gasteiger charge is 2.17. The number of nitrogens with one attached hydrogen (secondary N) is 1. The van der Waals surface area contributed by atoms with Gasteiger partial charge in [-0.15, -0.1) is 5.10 Å². The molecule has 3 aromatic heterocycles. The maximum Gasteiger partial charge on any atom is 0.330 e. The number of rotatable bonds is 5. The predicted molar refractivity (Wildman–Crippen MR) is 103 cm³/mol. The molecule has 0 aliphatic carbocycles. The van der Waals surface area contributed by atoms with Crippen LogP contribution in [-0.4, -0.2) is 34.1 Å². The normalized spacial score (nSPS) is 11.5. The van der Waals surface area contributed by atoms with E-state index in [0.717, 1.165) is 12.8 Å². The van der Waals surface area contributed by atoms with E-state index in [2.05, 4.69) is 20.3 Å². The van der Waals surface area contributed by atoms with Gasteiger partial charge in [-0.3, -0.25) is 19.1 Å². The molecule has 10 heteroatoms. The van der Waals surface area contributed by atoms with Crippen LogP contribution in [-0.2, 0) is 20.1 Å². The summed E-state index contributed by atoms with van der Waals surface area (Å²) in [6.45, 7) is 2.50. The molecule has 0 amide bonds. The number of fused-ring (bicyclic) bond motifs is 2. The highest BCUT2D eigenvalue weighted by atomic mass is 16.2. The summed E-state index contributed by atoms with van der Waals surface area (Å²) >= 11 is 0. The Hall–Kier alpha value is -3.56. The number of nitrogens with zero attached hydrogens (tertiary/aromatic N) is 6. The van der Waals surface area contributed by atoms with Crippen LogP contribution >= 0.6 is 0 Å². The van der Waals surface area contributed by atoms with Crippen LogP contribution in [0.1, 0.15) is 25.6 Å². The molecule has 0 radical (unpaired) electrons. The monoisotopic (exact) mass is 381 g/mol. The molecule has 1 N–H and O–H groups in total. The zero-order valence-corrected chi connectivity index (χ0v) is 15.5. The minimum absolute atomic E-state index is 0.0310. The zero-order chi connectivity index (χ0) is 19.8. The van der Waals surface area contributed by atoms with Gasteiger partial charge in [0.25, 0.3) is 11.1 Å². The molecule has 0 fully saturated rings. The molecule has 0 atom stereocenters. The van der Waals surface area contributed by atoms with Gasteiger partial charge in [-0.25, -0.2) is 14.5 Å². The topological polar surface area (TPSA) is 120 Å². The lowest BCUT2D eigenvalue weighted by atomic mass is 10.2. The third-order valence-electron chi connectivity index (χ3n) is 4.76. The van der Waals surface area contributed by atoms with Gasteiger partial charge in [-0.1, -0.05) is 30.7 Å². The third-order valence-corrected chi connectivity index (χ3v) is 4.76. The van der Waals surface area contributed by atoms with E-state index in [9.17, 15) is 14.4 Å². The Labute approximate surface area is 158 Å². The smallest absolute Gasteiger partial charge is 0.324 e. The Kier molecular flexibility index (Phi) is 4.38. The van der Waals surface area contributed by atoms with Crippen molar-refractivity contribution < 1.29 is 0 Å². The fourth-order valence-electron chi connectivity index (χ4n) is 3.22. The summed E-state index contributed by atoms with van der Waals surface area (Å²) in [4.78, 5) is 44.1. The van der Waals surface area contributed by atoms with Crippen molar-refractivity contribution in [2.75, 3.05) is 0 Å². The van der Waals surface area contributed by atoms with Gasteiger partial charge in [0, 0.05) is 13.6 Å². The summed E-state index contributed by atoms with van der Waals surface area (Å²) in [6, 6.07) is 6.95. The van der Waals surface area contributed by atoms with Gasteiger partial charge in [0.2, 0.25) is 0 Å². The second kappa shape index (κ2) is 6.87. The van der Waals surface area contributed by atoms with E-state index in [4.69, 9.17) is 0 Å². The van der Waals surface area contributed by atoms with Crippen molar-refractivity contribution in [3.8, 4) is 0 Å². The van der Waals surface area contributed by atoms with Crippen LogP contribution in [0.2, 0.25) is 0 Å². The molecule has 144 valence electrons. The molecule has 0 saturated carbocycles. The number of aromatic nitrogens is 7. The van der Waals surface area contributed by atoms with Gasteiger partial charge < -0.3 is 4.57 Å². The third kappa shape index (κ3) is 2.82. The lowest BCUT2D eigenvalue weighted by molar-refractivity contribution is 0.570. The van der Waals surface area contributed by atoms with Gasteiger partial charge in [-0.05, 0) is 18.6 Å². The zero-order valence-electron chi connectivity index (χ0n) is 15.5. The van der Waals surface area contributed by atoms with E-state index in [1.807, 2.05) is 6.92 Å². The van der Waals surface area contributed by atoms with Crippen LogP contribution in [0.3, 0.4) is 0 Å². The number of aryl methyl sites for hydroxylation is 2. The SMILES string of the molecule is CCCCn1c(=O)[nH]c(=O)c2c1nc(Cn1nnc3ccccc3c1=O)n2C. The molecule has 0 aliphatic rings. The van der Waals surface area contributed by atoms with E-state index < -0.39 is 11.2 Å². The van der Waals surface area contributed by atoms with Gasteiger partial charge in [0.1, 0.15) is 17.9 Å². The number of H-pyrrole nitrogens is 1. The molecule has 4 aromatic rings. The summed E-state index contributed by atoms with van der Waals surface area (Å²) in [7, 11) is 1.67. The molecule has 4 rings (SSSR count). The van der Waals surface area contributed by atoms with E-state index in [1.165, 1.54) is 9.25 Å². The van der Waals surface area contributed by atoms with E-state index in [1.54, 1.807) is 35.9 Å². The lowest BCUT2D eigenvalue weighted by Crippen LogP contribution is -2.31. The van der Waals surface area contributed by atoms with Crippen molar-refractivity contribution in [1.82, 2.24) is 34.1 Å². The highest BCUT2D eigenvalue weighted by molar-refractivity contribution is 5.76. The van der Waals surface area contributed by atoms with E-state index in [0.29, 0.717) is 28.9 Å². The van der Waals surface area contributed by atoms with Gasteiger partial charge >= 0.3 is 5.69 Å². The maximum absolute atomic E-state index is 12.7. The number of benzene rings is 1. The first-order valence-corrected chi connectivity index (χ1v) is 9.02. The van der Waals surface area contributed by atoms with Crippen LogP contribution in [0.5, 0.6) is 0 Å². The van der Waals surface area contributed by atoms with Crippen molar-refractivity contribution >= 4 is 22.1 Å². The fourth-order valence-corrected chi connectivity index (χ4v) is 3.22. The predicted octanol–water partition coefficient (Wildman–Crippen LogP) is 0.377. The van der Waals surface area contributed by atoms with Gasteiger partial charge in [0.15, 0.2) is 11.2 Å². The fraction of sp³-hybridized carbons (Fsp3) is 0.333. The molecule has 28 heavy (non-hydrogen) atoms. The summed E-state index contributed by atoms with van der Waals surface area (Å²) in [6.07, 6.45) is 1.68. The van der Waals surface area contributed by atoms with Gasteiger partial charge in [-0.2, -0.15) is 0 Å². The van der Waals surface area contributed by atoms with Crippen LogP contribution < -0.4 is 16.8 Å². The first-order valence-electron chi connectivity index (χ1n) is 9.02. The number of hydrogen-bond donors (Lipinski definition) is 1.